The molecule has 2 unspecified atom stereocenters. The van der Waals surface area contributed by atoms with Gasteiger partial charge in [0.05, 0.1) is 18.8 Å². The Morgan fingerprint density at radius 3 is 2.55 bits per heavy atom. The summed E-state index contributed by atoms with van der Waals surface area (Å²) in [5.74, 6) is -2.23. The third kappa shape index (κ3) is 4.45. The van der Waals surface area contributed by atoms with Crippen LogP contribution in [0.2, 0.25) is 0 Å². The van der Waals surface area contributed by atoms with E-state index in [0.29, 0.717) is 12.8 Å². The Morgan fingerprint density at radius 1 is 1.35 bits per heavy atom. The molecule has 1 N–H and O–H groups in total. The van der Waals surface area contributed by atoms with Crippen molar-refractivity contribution in [1.82, 2.24) is 4.31 Å². The molecule has 20 heavy (non-hydrogen) atoms. The molecule has 0 radical (unpaired) electrons. The van der Waals surface area contributed by atoms with Crippen LogP contribution in [0.3, 0.4) is 0 Å². The topological polar surface area (TPSA) is 101 Å². The van der Waals surface area contributed by atoms with Crippen LogP contribution in [0, 0.1) is 5.92 Å². The molecule has 0 spiro atoms. The Kier molecular flexibility index (Phi) is 5.94. The van der Waals surface area contributed by atoms with E-state index < -0.39 is 27.9 Å². The molecule has 1 aliphatic heterocycles. The summed E-state index contributed by atoms with van der Waals surface area (Å²) in [7, 11) is -2.29. The molecule has 0 bridgehead atoms. The third-order valence-electron chi connectivity index (χ3n) is 3.54. The lowest BCUT2D eigenvalue weighted by Crippen LogP contribution is -2.48. The van der Waals surface area contributed by atoms with E-state index in [4.69, 9.17) is 5.11 Å². The van der Waals surface area contributed by atoms with E-state index in [9.17, 15) is 18.0 Å². The number of carbonyl (C=O) groups is 2. The van der Waals surface area contributed by atoms with Crippen LogP contribution < -0.4 is 0 Å². The van der Waals surface area contributed by atoms with E-state index >= 15 is 0 Å². The van der Waals surface area contributed by atoms with Gasteiger partial charge in [-0.15, -0.1) is 0 Å². The Hall–Kier alpha value is -1.15. The van der Waals surface area contributed by atoms with Crippen LogP contribution in [0.4, 0.5) is 0 Å². The molecule has 0 aromatic carbocycles. The molecule has 8 heteroatoms. The predicted octanol–water partition coefficient (Wildman–Crippen LogP) is 0.454. The van der Waals surface area contributed by atoms with E-state index in [1.54, 1.807) is 6.92 Å². The molecule has 7 nitrogen and oxygen atoms in total. The summed E-state index contributed by atoms with van der Waals surface area (Å²) in [6.07, 6.45) is 1.24. The monoisotopic (exact) mass is 307 g/mol. The molecule has 0 aromatic rings. The smallest absolute Gasteiger partial charge is 0.307 e. The van der Waals surface area contributed by atoms with Gasteiger partial charge in [-0.2, -0.15) is 4.31 Å². The predicted molar refractivity (Wildman–Crippen MR) is 71.6 cm³/mol. The number of carboxylic acids is 1. The second kappa shape index (κ2) is 7.03. The van der Waals surface area contributed by atoms with Crippen LogP contribution in [-0.2, 0) is 24.3 Å². The van der Waals surface area contributed by atoms with E-state index in [1.165, 1.54) is 11.4 Å². The van der Waals surface area contributed by atoms with Crippen molar-refractivity contribution in [2.75, 3.05) is 19.4 Å². The lowest BCUT2D eigenvalue weighted by molar-refractivity contribution is -0.143. The van der Waals surface area contributed by atoms with Crippen molar-refractivity contribution in [1.29, 1.82) is 0 Å². The van der Waals surface area contributed by atoms with E-state index in [-0.39, 0.29) is 31.2 Å². The van der Waals surface area contributed by atoms with Gasteiger partial charge in [-0.3, -0.25) is 9.59 Å². The minimum absolute atomic E-state index is 0.0110. The number of methoxy groups -OCH3 is 1. The first kappa shape index (κ1) is 16.9. The van der Waals surface area contributed by atoms with Crippen LogP contribution in [-0.4, -0.2) is 55.2 Å². The first-order valence-corrected chi connectivity index (χ1v) is 8.18. The summed E-state index contributed by atoms with van der Waals surface area (Å²) in [5.41, 5.74) is 0. The maximum atomic E-state index is 12.2. The highest BCUT2D eigenvalue weighted by Crippen LogP contribution is 2.25. The second-order valence-electron chi connectivity index (χ2n) is 5.03. The minimum atomic E-state index is -3.54. The number of sulfonamides is 1. The maximum Gasteiger partial charge on any atom is 0.307 e. The second-order valence-corrected chi connectivity index (χ2v) is 7.07. The molecule has 1 fully saturated rings. The van der Waals surface area contributed by atoms with Gasteiger partial charge in [0.15, 0.2) is 0 Å². The number of rotatable bonds is 6. The summed E-state index contributed by atoms with van der Waals surface area (Å²) < 4.78 is 30.1. The SMILES string of the molecule is COC(=O)CCCS(=O)(=O)N1CC(C(=O)O)CCC1C. The zero-order valence-electron chi connectivity index (χ0n) is 11.7. The van der Waals surface area contributed by atoms with E-state index in [0.717, 1.165) is 0 Å². The first-order chi connectivity index (χ1) is 9.27. The summed E-state index contributed by atoms with van der Waals surface area (Å²) in [5, 5.41) is 9.01. The Morgan fingerprint density at radius 2 is 2.00 bits per heavy atom. The van der Waals surface area contributed by atoms with Crippen molar-refractivity contribution in [2.24, 2.45) is 5.92 Å². The van der Waals surface area contributed by atoms with Crippen LogP contribution in [0.25, 0.3) is 0 Å². The van der Waals surface area contributed by atoms with Crippen molar-refractivity contribution >= 4 is 22.0 Å². The third-order valence-corrected chi connectivity index (χ3v) is 5.57. The molecule has 1 rings (SSSR count). The number of esters is 1. The van der Waals surface area contributed by atoms with E-state index in [1.807, 2.05) is 0 Å². The quantitative estimate of drug-likeness (QED) is 0.715. The fourth-order valence-corrected chi connectivity index (χ4v) is 4.09. The normalized spacial score (nSPS) is 24.3. The van der Waals surface area contributed by atoms with Gasteiger partial charge in [-0.1, -0.05) is 0 Å². The van der Waals surface area contributed by atoms with Gasteiger partial charge in [0.1, 0.15) is 0 Å². The van der Waals surface area contributed by atoms with Crippen LogP contribution in [0.1, 0.15) is 32.6 Å². The fraction of sp³-hybridized carbons (Fsp3) is 0.833. The molecule has 1 aliphatic rings. The Labute approximate surface area is 118 Å². The van der Waals surface area contributed by atoms with Gasteiger partial charge in [0, 0.05) is 19.0 Å². The zero-order chi connectivity index (χ0) is 15.3. The molecular formula is C12H21NO6S. The molecule has 0 aromatic heterocycles. The van der Waals surface area contributed by atoms with Gasteiger partial charge in [0.2, 0.25) is 10.0 Å². The van der Waals surface area contributed by atoms with Gasteiger partial charge >= 0.3 is 11.9 Å². The average molecular weight is 307 g/mol. The van der Waals surface area contributed by atoms with Crippen LogP contribution >= 0.6 is 0 Å². The van der Waals surface area contributed by atoms with E-state index in [2.05, 4.69) is 4.74 Å². The number of piperidine rings is 1. The number of carboxylic acid groups (broad SMARTS) is 1. The van der Waals surface area contributed by atoms with Gasteiger partial charge in [0.25, 0.3) is 0 Å². The molecule has 0 aliphatic carbocycles. The number of carbonyl (C=O) groups excluding carboxylic acids is 1. The maximum absolute atomic E-state index is 12.2. The van der Waals surface area contributed by atoms with Crippen molar-refractivity contribution < 1.29 is 27.9 Å². The fourth-order valence-electron chi connectivity index (χ4n) is 2.28. The number of aliphatic carboxylic acids is 1. The number of hydrogen-bond donors (Lipinski definition) is 1. The van der Waals surface area contributed by atoms with Crippen molar-refractivity contribution in [3.8, 4) is 0 Å². The zero-order valence-corrected chi connectivity index (χ0v) is 12.6. The molecule has 2 atom stereocenters. The highest BCUT2D eigenvalue weighted by molar-refractivity contribution is 7.89. The number of nitrogens with zero attached hydrogens (tertiary/aromatic N) is 1. The van der Waals surface area contributed by atoms with Crippen LogP contribution in [0.15, 0.2) is 0 Å². The van der Waals surface area contributed by atoms with Crippen LogP contribution in [0.5, 0.6) is 0 Å². The summed E-state index contributed by atoms with van der Waals surface area (Å²) in [4.78, 5) is 22.0. The molecular weight excluding hydrogens is 286 g/mol. The number of hydrogen-bond acceptors (Lipinski definition) is 5. The van der Waals surface area contributed by atoms with Crippen molar-refractivity contribution in [3.05, 3.63) is 0 Å². The average Bonchev–Trinajstić information content (AvgIpc) is 2.38. The van der Waals surface area contributed by atoms with Crippen molar-refractivity contribution in [3.63, 3.8) is 0 Å². The molecule has 0 amide bonds. The lowest BCUT2D eigenvalue weighted by Gasteiger charge is -2.35. The van der Waals surface area contributed by atoms with Gasteiger partial charge in [-0.25, -0.2) is 8.42 Å². The van der Waals surface area contributed by atoms with Gasteiger partial charge < -0.3 is 9.84 Å². The Bertz CT molecular complexity index is 461. The molecule has 116 valence electrons. The highest BCUT2D eigenvalue weighted by Gasteiger charge is 2.36. The summed E-state index contributed by atoms with van der Waals surface area (Å²) in [6.45, 7) is 1.78. The van der Waals surface area contributed by atoms with Gasteiger partial charge in [-0.05, 0) is 26.2 Å². The lowest BCUT2D eigenvalue weighted by atomic mass is 9.96. The highest BCUT2D eigenvalue weighted by atomic mass is 32.2. The van der Waals surface area contributed by atoms with Crippen molar-refractivity contribution in [2.45, 2.75) is 38.6 Å². The first-order valence-electron chi connectivity index (χ1n) is 6.57. The summed E-state index contributed by atoms with van der Waals surface area (Å²) >= 11 is 0. The standard InChI is InChI=1S/C12H21NO6S/c1-9-5-6-10(12(15)16)8-13(9)20(17,18)7-3-4-11(14)19-2/h9-10H,3-8H2,1-2H3,(H,15,16). The Balaban J connectivity index is 2.64. The molecule has 1 saturated heterocycles. The summed E-state index contributed by atoms with van der Waals surface area (Å²) in [6, 6.07) is -0.200. The number of ether oxygens (including phenoxy) is 1. The largest absolute Gasteiger partial charge is 0.481 e. The molecule has 0 saturated carbocycles. The molecule has 1 heterocycles. The minimum Gasteiger partial charge on any atom is -0.481 e.